The van der Waals surface area contributed by atoms with Gasteiger partial charge in [0.15, 0.2) is 5.96 Å². The number of rotatable bonds is 10. The van der Waals surface area contributed by atoms with Crippen LogP contribution in [0.5, 0.6) is 0 Å². The molecule has 1 aromatic rings. The van der Waals surface area contributed by atoms with Crippen LogP contribution in [0, 0.1) is 0 Å². The minimum atomic E-state index is -0.479. The Hall–Kier alpha value is -2.12. The highest BCUT2D eigenvalue weighted by atomic mass is 16.3. The Kier molecular flexibility index (Phi) is 9.94. The molecule has 7 heteroatoms. The maximum absolute atomic E-state index is 12.3. The Morgan fingerprint density at radius 2 is 2.07 bits per heavy atom. The summed E-state index contributed by atoms with van der Waals surface area (Å²) in [5.74, 6) is 0.980. The van der Waals surface area contributed by atoms with Gasteiger partial charge in [-0.1, -0.05) is 30.3 Å². The minimum Gasteiger partial charge on any atom is -0.388 e. The number of aliphatic hydroxyl groups is 1. The summed E-state index contributed by atoms with van der Waals surface area (Å²) in [6, 6.07) is 9.74. The van der Waals surface area contributed by atoms with E-state index in [9.17, 15) is 9.90 Å². The van der Waals surface area contributed by atoms with Gasteiger partial charge in [-0.3, -0.25) is 14.7 Å². The molecule has 2 atom stereocenters. The van der Waals surface area contributed by atoms with E-state index in [2.05, 4.69) is 20.5 Å². The molecule has 2 unspecified atom stereocenters. The lowest BCUT2D eigenvalue weighted by Crippen LogP contribution is -2.43. The van der Waals surface area contributed by atoms with E-state index < -0.39 is 6.10 Å². The smallest absolute Gasteiger partial charge is 0.239 e. The summed E-state index contributed by atoms with van der Waals surface area (Å²) < 4.78 is 0. The first-order chi connectivity index (χ1) is 14.0. The molecule has 1 amide bonds. The lowest BCUT2D eigenvalue weighted by Gasteiger charge is -2.25. The summed E-state index contributed by atoms with van der Waals surface area (Å²) in [6.45, 7) is 6.06. The molecule has 1 aliphatic rings. The van der Waals surface area contributed by atoms with Crippen molar-refractivity contribution in [2.45, 2.75) is 44.8 Å². The number of nitrogens with zero attached hydrogens (tertiary/aromatic N) is 3. The van der Waals surface area contributed by atoms with Gasteiger partial charge in [0, 0.05) is 40.3 Å². The second-order valence-electron chi connectivity index (χ2n) is 7.68. The van der Waals surface area contributed by atoms with Gasteiger partial charge in [0.25, 0.3) is 0 Å². The van der Waals surface area contributed by atoms with Crippen molar-refractivity contribution in [1.82, 2.24) is 20.4 Å². The van der Waals surface area contributed by atoms with Crippen molar-refractivity contribution in [1.29, 1.82) is 0 Å². The normalized spacial score (nSPS) is 18.5. The Morgan fingerprint density at radius 1 is 1.31 bits per heavy atom. The highest BCUT2D eigenvalue weighted by molar-refractivity contribution is 5.81. The molecule has 3 N–H and O–H groups in total. The fourth-order valence-electron chi connectivity index (χ4n) is 3.65. The van der Waals surface area contributed by atoms with Crippen molar-refractivity contribution in [2.24, 2.45) is 4.99 Å². The van der Waals surface area contributed by atoms with Gasteiger partial charge in [-0.2, -0.15) is 0 Å². The quantitative estimate of drug-likeness (QED) is 0.314. The number of nitrogens with one attached hydrogen (secondary N) is 2. The molecule has 0 bridgehead atoms. The predicted molar refractivity (Wildman–Crippen MR) is 118 cm³/mol. The molecule has 2 rings (SSSR count). The number of hydrogen-bond donors (Lipinski definition) is 3. The summed E-state index contributed by atoms with van der Waals surface area (Å²) in [6.07, 6.45) is 3.10. The van der Waals surface area contributed by atoms with Crippen LogP contribution in [0.25, 0.3) is 0 Å². The molecule has 0 radical (unpaired) electrons. The Balaban J connectivity index is 1.73. The zero-order valence-electron chi connectivity index (χ0n) is 18.1. The van der Waals surface area contributed by atoms with Gasteiger partial charge in [-0.15, -0.1) is 0 Å². The van der Waals surface area contributed by atoms with Crippen LogP contribution in [0.15, 0.2) is 35.3 Å². The van der Waals surface area contributed by atoms with E-state index in [0.29, 0.717) is 19.5 Å². The van der Waals surface area contributed by atoms with Gasteiger partial charge in [0.05, 0.1) is 12.1 Å². The van der Waals surface area contributed by atoms with Crippen LogP contribution >= 0.6 is 0 Å². The summed E-state index contributed by atoms with van der Waals surface area (Å²) >= 11 is 0. The van der Waals surface area contributed by atoms with Crippen molar-refractivity contribution in [3.05, 3.63) is 35.9 Å². The number of carbonyl (C=O) groups excluding carboxylic acids is 1. The standard InChI is InChI=1S/C22H37N5O2/c1-4-23-22(25-15-13-20(28)18-10-6-5-7-11-18)24-14-9-17-27-16-8-12-19(27)21(29)26(2)3/h5-7,10-11,19-20,28H,4,8-9,12-17H2,1-3H3,(H2,23,24,25). The van der Waals surface area contributed by atoms with E-state index in [-0.39, 0.29) is 11.9 Å². The lowest BCUT2D eigenvalue weighted by molar-refractivity contribution is -0.133. The third-order valence-electron chi connectivity index (χ3n) is 5.20. The highest BCUT2D eigenvalue weighted by Crippen LogP contribution is 2.19. The van der Waals surface area contributed by atoms with E-state index >= 15 is 0 Å². The molecular weight excluding hydrogens is 366 g/mol. The molecule has 1 heterocycles. The van der Waals surface area contributed by atoms with Crippen LogP contribution in [-0.4, -0.2) is 79.6 Å². The largest absolute Gasteiger partial charge is 0.388 e. The second kappa shape index (κ2) is 12.4. The van der Waals surface area contributed by atoms with E-state index in [1.165, 1.54) is 0 Å². The number of carbonyl (C=O) groups is 1. The first-order valence-electron chi connectivity index (χ1n) is 10.7. The number of amides is 1. The molecule has 1 aliphatic heterocycles. The van der Waals surface area contributed by atoms with E-state index in [0.717, 1.165) is 50.4 Å². The molecule has 0 spiro atoms. The summed E-state index contributed by atoms with van der Waals surface area (Å²) in [5, 5.41) is 16.8. The van der Waals surface area contributed by atoms with Gasteiger partial charge >= 0.3 is 0 Å². The Bertz CT molecular complexity index is 635. The van der Waals surface area contributed by atoms with E-state index in [4.69, 9.17) is 0 Å². The molecule has 0 saturated carbocycles. The molecule has 162 valence electrons. The lowest BCUT2D eigenvalue weighted by atomic mass is 10.1. The number of aliphatic imine (C=N–C) groups is 1. The molecular formula is C22H37N5O2. The van der Waals surface area contributed by atoms with Crippen LogP contribution in [0.4, 0.5) is 0 Å². The van der Waals surface area contributed by atoms with Crippen molar-refractivity contribution in [2.75, 3.05) is 46.8 Å². The van der Waals surface area contributed by atoms with Crippen LogP contribution in [0.1, 0.15) is 44.3 Å². The number of aliphatic hydroxyl groups excluding tert-OH is 1. The number of hydrogen-bond acceptors (Lipinski definition) is 4. The number of guanidine groups is 1. The molecule has 1 saturated heterocycles. The molecule has 0 aromatic heterocycles. The van der Waals surface area contributed by atoms with Gasteiger partial charge in [0.2, 0.25) is 5.91 Å². The minimum absolute atomic E-state index is 0.0276. The van der Waals surface area contributed by atoms with Crippen molar-refractivity contribution >= 4 is 11.9 Å². The fourth-order valence-corrected chi connectivity index (χ4v) is 3.65. The summed E-state index contributed by atoms with van der Waals surface area (Å²) in [5.41, 5.74) is 0.934. The van der Waals surface area contributed by atoms with Crippen LogP contribution in [-0.2, 0) is 4.79 Å². The van der Waals surface area contributed by atoms with Crippen molar-refractivity contribution < 1.29 is 9.90 Å². The average Bonchev–Trinajstić information content (AvgIpc) is 3.19. The Labute approximate surface area is 175 Å². The highest BCUT2D eigenvalue weighted by Gasteiger charge is 2.30. The molecule has 1 aromatic carbocycles. The first-order valence-corrected chi connectivity index (χ1v) is 10.7. The first kappa shape index (κ1) is 23.2. The molecule has 7 nitrogen and oxygen atoms in total. The van der Waals surface area contributed by atoms with Crippen LogP contribution in [0.3, 0.4) is 0 Å². The summed E-state index contributed by atoms with van der Waals surface area (Å²) in [4.78, 5) is 20.9. The zero-order valence-corrected chi connectivity index (χ0v) is 18.1. The fraction of sp³-hybridized carbons (Fsp3) is 0.636. The zero-order chi connectivity index (χ0) is 21.1. The number of benzene rings is 1. The Morgan fingerprint density at radius 3 is 2.76 bits per heavy atom. The van der Waals surface area contributed by atoms with Gasteiger partial charge in [-0.05, 0) is 44.7 Å². The van der Waals surface area contributed by atoms with E-state index in [1.54, 1.807) is 4.90 Å². The molecule has 0 aliphatic carbocycles. The maximum Gasteiger partial charge on any atom is 0.239 e. The van der Waals surface area contributed by atoms with Gasteiger partial charge in [-0.25, -0.2) is 0 Å². The van der Waals surface area contributed by atoms with Gasteiger partial charge < -0.3 is 20.6 Å². The average molecular weight is 404 g/mol. The number of likely N-dealkylation sites (tertiary alicyclic amines) is 1. The van der Waals surface area contributed by atoms with Crippen LogP contribution < -0.4 is 10.6 Å². The number of likely N-dealkylation sites (N-methyl/N-ethyl adjacent to an activating group) is 1. The maximum atomic E-state index is 12.3. The van der Waals surface area contributed by atoms with E-state index in [1.807, 2.05) is 51.4 Å². The molecule has 29 heavy (non-hydrogen) atoms. The summed E-state index contributed by atoms with van der Waals surface area (Å²) in [7, 11) is 3.65. The van der Waals surface area contributed by atoms with Crippen molar-refractivity contribution in [3.63, 3.8) is 0 Å². The SMILES string of the molecule is CCNC(=NCCCN1CCCC1C(=O)N(C)C)NCCC(O)c1ccccc1. The van der Waals surface area contributed by atoms with Gasteiger partial charge in [0.1, 0.15) is 0 Å². The molecule has 1 fully saturated rings. The topological polar surface area (TPSA) is 80.2 Å². The monoisotopic (exact) mass is 403 g/mol. The third-order valence-corrected chi connectivity index (χ3v) is 5.20. The van der Waals surface area contributed by atoms with Crippen molar-refractivity contribution in [3.8, 4) is 0 Å². The van der Waals surface area contributed by atoms with Crippen LogP contribution in [0.2, 0.25) is 0 Å². The third kappa shape index (κ3) is 7.66. The second-order valence-corrected chi connectivity index (χ2v) is 7.68. The predicted octanol–water partition coefficient (Wildman–Crippen LogP) is 1.61.